The van der Waals surface area contributed by atoms with Crippen LogP contribution in [0.4, 0.5) is 0 Å². The number of carboxylic acids is 1. The van der Waals surface area contributed by atoms with Gasteiger partial charge in [0, 0.05) is 25.4 Å². The molecule has 1 fully saturated rings. The Morgan fingerprint density at radius 3 is 2.95 bits per heavy atom. The van der Waals surface area contributed by atoms with Gasteiger partial charge >= 0.3 is 5.97 Å². The van der Waals surface area contributed by atoms with Gasteiger partial charge in [0.1, 0.15) is 4.32 Å². The maximum atomic E-state index is 12.1. The molecule has 2 heterocycles. The first kappa shape index (κ1) is 13.8. The highest BCUT2D eigenvalue weighted by Gasteiger charge is 2.32. The fraction of sp³-hybridized carbons (Fsp3) is 0.273. The van der Waals surface area contributed by atoms with E-state index in [0.29, 0.717) is 9.23 Å². The molecule has 0 radical (unpaired) electrons. The zero-order valence-electron chi connectivity index (χ0n) is 10.1. The Morgan fingerprint density at radius 2 is 2.37 bits per heavy atom. The van der Waals surface area contributed by atoms with Crippen molar-refractivity contribution in [2.24, 2.45) is 7.05 Å². The van der Waals surface area contributed by atoms with Crippen molar-refractivity contribution in [2.75, 3.05) is 6.54 Å². The number of thiocarbonyl (C=S) groups is 1. The second-order valence-electron chi connectivity index (χ2n) is 3.92. The van der Waals surface area contributed by atoms with Gasteiger partial charge in [0.15, 0.2) is 0 Å². The van der Waals surface area contributed by atoms with Crippen molar-refractivity contribution in [1.82, 2.24) is 14.7 Å². The highest BCUT2D eigenvalue weighted by Crippen LogP contribution is 2.32. The van der Waals surface area contributed by atoms with Crippen molar-refractivity contribution in [1.29, 1.82) is 0 Å². The van der Waals surface area contributed by atoms with Crippen molar-refractivity contribution in [3.8, 4) is 0 Å². The molecule has 0 aromatic carbocycles. The van der Waals surface area contributed by atoms with Gasteiger partial charge in [0.2, 0.25) is 0 Å². The standard InChI is InChI=1S/C11H11N3O3S2/c1-13-6-7(5-12-13)4-8-10(17)14(11(18)19-8)3-2-9(15)16/h4-6H,2-3H2,1H3,(H,15,16)/b8-4+. The van der Waals surface area contributed by atoms with E-state index in [9.17, 15) is 9.59 Å². The van der Waals surface area contributed by atoms with Crippen molar-refractivity contribution < 1.29 is 14.7 Å². The van der Waals surface area contributed by atoms with E-state index < -0.39 is 5.97 Å². The van der Waals surface area contributed by atoms with Crippen LogP contribution in [0.3, 0.4) is 0 Å². The predicted octanol–water partition coefficient (Wildman–Crippen LogP) is 1.10. The molecular formula is C11H11N3O3S2. The Labute approximate surface area is 119 Å². The van der Waals surface area contributed by atoms with Crippen LogP contribution in [-0.2, 0) is 16.6 Å². The van der Waals surface area contributed by atoms with Crippen LogP contribution in [0.2, 0.25) is 0 Å². The van der Waals surface area contributed by atoms with Crippen LogP contribution in [0, 0.1) is 0 Å². The minimum Gasteiger partial charge on any atom is -0.481 e. The molecule has 1 aromatic heterocycles. The van der Waals surface area contributed by atoms with Gasteiger partial charge in [-0.3, -0.25) is 19.2 Å². The summed E-state index contributed by atoms with van der Waals surface area (Å²) in [6.45, 7) is 0.102. The molecule has 1 aliphatic rings. The SMILES string of the molecule is Cn1cc(/C=C2/SC(=S)N(CCC(=O)O)C2=O)cn1. The largest absolute Gasteiger partial charge is 0.481 e. The Balaban J connectivity index is 2.13. The maximum Gasteiger partial charge on any atom is 0.305 e. The predicted molar refractivity (Wildman–Crippen MR) is 75.3 cm³/mol. The van der Waals surface area contributed by atoms with Gasteiger partial charge in [-0.25, -0.2) is 0 Å². The zero-order valence-corrected chi connectivity index (χ0v) is 11.7. The third-order valence-corrected chi connectivity index (χ3v) is 3.82. The number of aliphatic carboxylic acids is 1. The summed E-state index contributed by atoms with van der Waals surface area (Å²) in [7, 11) is 1.79. The van der Waals surface area contributed by atoms with Gasteiger partial charge in [0.25, 0.3) is 5.91 Å². The zero-order chi connectivity index (χ0) is 14.0. The average Bonchev–Trinajstić information content (AvgIpc) is 2.83. The van der Waals surface area contributed by atoms with Crippen LogP contribution in [-0.4, -0.2) is 42.5 Å². The maximum absolute atomic E-state index is 12.1. The Bertz CT molecular complexity index is 579. The van der Waals surface area contributed by atoms with E-state index in [4.69, 9.17) is 17.3 Å². The Morgan fingerprint density at radius 1 is 1.63 bits per heavy atom. The lowest BCUT2D eigenvalue weighted by atomic mass is 10.3. The number of rotatable bonds is 4. The van der Waals surface area contributed by atoms with Gasteiger partial charge in [-0.1, -0.05) is 24.0 Å². The van der Waals surface area contributed by atoms with Crippen molar-refractivity contribution in [3.63, 3.8) is 0 Å². The molecule has 0 spiro atoms. The molecule has 0 saturated carbocycles. The van der Waals surface area contributed by atoms with Gasteiger partial charge in [0.05, 0.1) is 17.5 Å². The number of carbonyl (C=O) groups excluding carboxylic acids is 1. The topological polar surface area (TPSA) is 75.4 Å². The summed E-state index contributed by atoms with van der Waals surface area (Å²) < 4.78 is 2.03. The van der Waals surface area contributed by atoms with E-state index in [2.05, 4.69) is 5.10 Å². The first-order valence-corrected chi connectivity index (χ1v) is 6.65. The first-order valence-electron chi connectivity index (χ1n) is 5.43. The number of nitrogens with zero attached hydrogens (tertiary/aromatic N) is 3. The molecule has 1 N–H and O–H groups in total. The third-order valence-electron chi connectivity index (χ3n) is 2.45. The quantitative estimate of drug-likeness (QED) is 0.662. The van der Waals surface area contributed by atoms with E-state index in [1.807, 2.05) is 0 Å². The molecule has 1 saturated heterocycles. The lowest BCUT2D eigenvalue weighted by molar-refractivity contribution is -0.137. The molecule has 8 heteroatoms. The number of carbonyl (C=O) groups is 2. The summed E-state index contributed by atoms with van der Waals surface area (Å²) in [5.41, 5.74) is 0.807. The molecule has 1 amide bonds. The minimum absolute atomic E-state index is 0.102. The normalized spacial score (nSPS) is 17.5. The summed E-state index contributed by atoms with van der Waals surface area (Å²) in [5, 5.41) is 12.6. The first-order chi connectivity index (χ1) is 8.97. The lowest BCUT2D eigenvalue weighted by Gasteiger charge is -2.12. The van der Waals surface area contributed by atoms with Crippen LogP contribution in [0.15, 0.2) is 17.3 Å². The smallest absolute Gasteiger partial charge is 0.305 e. The highest BCUT2D eigenvalue weighted by atomic mass is 32.2. The van der Waals surface area contributed by atoms with Gasteiger partial charge < -0.3 is 5.11 Å². The molecule has 0 unspecified atom stereocenters. The summed E-state index contributed by atoms with van der Waals surface area (Å²) >= 11 is 6.26. The van der Waals surface area contributed by atoms with Gasteiger partial charge in [-0.2, -0.15) is 5.10 Å². The van der Waals surface area contributed by atoms with E-state index >= 15 is 0 Å². The Hall–Kier alpha value is -1.67. The van der Waals surface area contributed by atoms with Gasteiger partial charge in [-0.05, 0) is 6.08 Å². The van der Waals surface area contributed by atoms with Crippen LogP contribution in [0.5, 0.6) is 0 Å². The molecule has 19 heavy (non-hydrogen) atoms. The van der Waals surface area contributed by atoms with Crippen molar-refractivity contribution in [3.05, 3.63) is 22.9 Å². The summed E-state index contributed by atoms with van der Waals surface area (Å²) in [6.07, 6.45) is 5.01. The number of hydrogen-bond acceptors (Lipinski definition) is 5. The summed E-state index contributed by atoms with van der Waals surface area (Å²) in [5.74, 6) is -1.20. The summed E-state index contributed by atoms with van der Waals surface area (Å²) in [6, 6.07) is 0. The Kier molecular flexibility index (Phi) is 4.01. The van der Waals surface area contributed by atoms with Crippen LogP contribution in [0.25, 0.3) is 6.08 Å². The number of thioether (sulfide) groups is 1. The van der Waals surface area contributed by atoms with E-state index in [1.54, 1.807) is 30.2 Å². The molecular weight excluding hydrogens is 286 g/mol. The second-order valence-corrected chi connectivity index (χ2v) is 5.60. The average molecular weight is 297 g/mol. The van der Waals surface area contributed by atoms with E-state index in [0.717, 1.165) is 5.56 Å². The highest BCUT2D eigenvalue weighted by molar-refractivity contribution is 8.26. The summed E-state index contributed by atoms with van der Waals surface area (Å²) in [4.78, 5) is 24.4. The van der Waals surface area contributed by atoms with Gasteiger partial charge in [-0.15, -0.1) is 0 Å². The minimum atomic E-state index is -0.953. The second kappa shape index (κ2) is 5.54. The van der Waals surface area contributed by atoms with Crippen LogP contribution in [0.1, 0.15) is 12.0 Å². The van der Waals surface area contributed by atoms with E-state index in [-0.39, 0.29) is 18.9 Å². The monoisotopic (exact) mass is 297 g/mol. The fourth-order valence-electron chi connectivity index (χ4n) is 1.57. The number of aromatic nitrogens is 2. The number of hydrogen-bond donors (Lipinski definition) is 1. The molecule has 0 atom stereocenters. The van der Waals surface area contributed by atoms with Crippen molar-refractivity contribution >= 4 is 46.3 Å². The molecule has 2 rings (SSSR count). The molecule has 100 valence electrons. The van der Waals surface area contributed by atoms with Crippen LogP contribution < -0.4 is 0 Å². The van der Waals surface area contributed by atoms with Crippen molar-refractivity contribution in [2.45, 2.75) is 6.42 Å². The molecule has 0 aliphatic carbocycles. The number of aryl methyl sites for hydroxylation is 1. The van der Waals surface area contributed by atoms with Crippen LogP contribution >= 0.6 is 24.0 Å². The van der Waals surface area contributed by atoms with E-state index in [1.165, 1.54) is 16.7 Å². The third kappa shape index (κ3) is 3.21. The lowest BCUT2D eigenvalue weighted by Crippen LogP contribution is -2.30. The molecule has 0 bridgehead atoms. The molecule has 1 aromatic rings. The molecule has 1 aliphatic heterocycles. The molecule has 6 nitrogen and oxygen atoms in total. The number of carboxylic acid groups (broad SMARTS) is 1. The number of amides is 1. The fourth-order valence-corrected chi connectivity index (χ4v) is 2.87.